The summed E-state index contributed by atoms with van der Waals surface area (Å²) in [4.78, 5) is 2.22. The first-order valence-corrected chi connectivity index (χ1v) is 17.2. The number of unbranched alkanes of at least 4 members (excludes halogenated alkanes) is 2. The van der Waals surface area contributed by atoms with E-state index in [1.54, 1.807) is 0 Å². The van der Waals surface area contributed by atoms with Crippen LogP contribution in [-0.2, 0) is 31.1 Å². The van der Waals surface area contributed by atoms with Crippen molar-refractivity contribution in [2.24, 2.45) is 0 Å². The molecule has 0 fully saturated rings. The number of nitrogens with zero attached hydrogens (tertiary/aromatic N) is 2. The summed E-state index contributed by atoms with van der Waals surface area (Å²) in [5, 5.41) is 0. The Morgan fingerprint density at radius 2 is 1.36 bits per heavy atom. The Hall–Kier alpha value is -1.79. The third-order valence-corrected chi connectivity index (χ3v) is 9.74. The van der Waals surface area contributed by atoms with Crippen molar-refractivity contribution in [2.45, 2.75) is 64.2 Å². The van der Waals surface area contributed by atoms with Gasteiger partial charge < -0.3 is 14.0 Å². The quantitative estimate of drug-likeness (QED) is 0.154. The molecule has 0 radical (unpaired) electrons. The Labute approximate surface area is 273 Å². The van der Waals surface area contributed by atoms with E-state index in [4.69, 9.17) is 0 Å². The van der Waals surface area contributed by atoms with Gasteiger partial charge in [0, 0.05) is 59.0 Å². The topological polar surface area (TPSA) is 121 Å². The smallest absolute Gasteiger partial charge is 0.748 e. The summed E-state index contributed by atoms with van der Waals surface area (Å²) in [6.07, 6.45) is 8.02. The van der Waals surface area contributed by atoms with Gasteiger partial charge in [-0.25, -0.2) is 16.8 Å². The summed E-state index contributed by atoms with van der Waals surface area (Å²) in [5.74, 6) is -0.731. The standard InChI is InChI=1S/C31H40N2O6S2.Na/c1-30(2)24-14-5-7-16-26(24)32(20-9-11-22-40(34,35)36)28(30)18-13-19-29-31(3,4)25-15-6-8-17-27(25)33(29)21-10-12-23-41(37,38)39;/h5-8,13-19H,9-12,20-23H2,1-4H3,(H-,34,35,36,37,38,39);/q;+1/p-1. The Bertz CT molecular complexity index is 1610. The molecule has 0 spiro atoms. The van der Waals surface area contributed by atoms with Crippen LogP contribution < -0.4 is 34.5 Å². The van der Waals surface area contributed by atoms with Crippen molar-refractivity contribution >= 4 is 37.3 Å². The van der Waals surface area contributed by atoms with Crippen LogP contribution in [0.15, 0.2) is 72.5 Å². The fourth-order valence-corrected chi connectivity index (χ4v) is 7.21. The largest absolute Gasteiger partial charge is 1.00 e. The molecule has 8 nitrogen and oxygen atoms in total. The van der Waals surface area contributed by atoms with Crippen molar-refractivity contribution in [2.75, 3.05) is 29.5 Å². The van der Waals surface area contributed by atoms with Crippen LogP contribution >= 0.6 is 0 Å². The van der Waals surface area contributed by atoms with E-state index in [0.29, 0.717) is 38.8 Å². The minimum atomic E-state index is -4.24. The van der Waals surface area contributed by atoms with E-state index in [1.165, 1.54) is 11.1 Å². The normalized spacial score (nSPS) is 18.4. The number of rotatable bonds is 12. The first kappa shape index (κ1) is 34.7. The van der Waals surface area contributed by atoms with Crippen LogP contribution in [0.2, 0.25) is 0 Å². The second-order valence-corrected chi connectivity index (χ2v) is 14.9. The van der Waals surface area contributed by atoms with Gasteiger partial charge in [0.25, 0.3) is 0 Å². The molecule has 0 saturated carbocycles. The van der Waals surface area contributed by atoms with E-state index in [1.807, 2.05) is 24.3 Å². The van der Waals surface area contributed by atoms with Crippen molar-refractivity contribution in [3.63, 3.8) is 0 Å². The molecule has 0 amide bonds. The number of para-hydroxylation sites is 2. The van der Waals surface area contributed by atoms with Gasteiger partial charge in [-0.05, 0) is 50.8 Å². The Kier molecular flexibility index (Phi) is 11.1. The van der Waals surface area contributed by atoms with Crippen LogP contribution in [0.25, 0.3) is 0 Å². The first-order valence-electron chi connectivity index (χ1n) is 14.0. The summed E-state index contributed by atoms with van der Waals surface area (Å²) in [7, 11) is -8.48. The molecule has 0 aromatic heterocycles. The molecule has 0 bridgehead atoms. The summed E-state index contributed by atoms with van der Waals surface area (Å²) < 4.78 is 68.9. The third-order valence-electron chi connectivity index (χ3n) is 8.16. The molecule has 2 aliphatic rings. The van der Waals surface area contributed by atoms with E-state index in [-0.39, 0.29) is 51.9 Å². The fourth-order valence-electron chi connectivity index (χ4n) is 6.09. The second kappa shape index (κ2) is 13.5. The monoisotopic (exact) mass is 622 g/mol. The number of hydrogen-bond donors (Lipinski definition) is 0. The molecule has 2 aliphatic heterocycles. The van der Waals surface area contributed by atoms with Gasteiger partial charge in [0.15, 0.2) is 5.71 Å². The maximum absolute atomic E-state index is 11.1. The molecule has 42 heavy (non-hydrogen) atoms. The molecule has 0 N–H and O–H groups in total. The van der Waals surface area contributed by atoms with Crippen LogP contribution in [0.4, 0.5) is 11.4 Å². The molecule has 11 heteroatoms. The molecule has 4 rings (SSSR count). The predicted molar refractivity (Wildman–Crippen MR) is 161 cm³/mol. The van der Waals surface area contributed by atoms with Gasteiger partial charge in [0.05, 0.1) is 25.7 Å². The zero-order chi connectivity index (χ0) is 30.1. The molecule has 2 aromatic rings. The SMILES string of the molecule is CC1(C)C(/C=C/C=C2\N(CCCCS(=O)(=O)[O-])c3ccccc3C2(C)C)=[N+](CCCCS(=O)(=O)[O-])c2ccccc21.[Na+]. The van der Waals surface area contributed by atoms with Crippen LogP contribution in [0.5, 0.6) is 0 Å². The van der Waals surface area contributed by atoms with Gasteiger partial charge >= 0.3 is 29.6 Å². The van der Waals surface area contributed by atoms with E-state index >= 15 is 0 Å². The predicted octanol–water partition coefficient (Wildman–Crippen LogP) is 1.96. The first-order chi connectivity index (χ1) is 19.1. The molecule has 2 heterocycles. The maximum atomic E-state index is 11.1. The molecule has 0 saturated heterocycles. The van der Waals surface area contributed by atoms with Crippen molar-refractivity contribution in [3.8, 4) is 0 Å². The zero-order valence-electron chi connectivity index (χ0n) is 25.2. The zero-order valence-corrected chi connectivity index (χ0v) is 28.8. The number of anilines is 1. The van der Waals surface area contributed by atoms with Gasteiger partial charge in [-0.2, -0.15) is 4.58 Å². The number of hydrogen-bond acceptors (Lipinski definition) is 7. The number of benzene rings is 2. The van der Waals surface area contributed by atoms with E-state index in [0.717, 1.165) is 22.8 Å². The van der Waals surface area contributed by atoms with E-state index < -0.39 is 20.2 Å². The fraction of sp³-hybridized carbons (Fsp3) is 0.452. The van der Waals surface area contributed by atoms with Crippen molar-refractivity contribution < 1.29 is 60.1 Å². The van der Waals surface area contributed by atoms with Crippen LogP contribution in [-0.4, -0.2) is 60.8 Å². The number of fused-ring (bicyclic) bond motifs is 2. The molecule has 222 valence electrons. The van der Waals surface area contributed by atoms with Crippen LogP contribution in [0.3, 0.4) is 0 Å². The Morgan fingerprint density at radius 3 is 2.00 bits per heavy atom. The third kappa shape index (κ3) is 7.83. The van der Waals surface area contributed by atoms with Crippen molar-refractivity contribution in [1.82, 2.24) is 0 Å². The minimum absolute atomic E-state index is 0. The van der Waals surface area contributed by atoms with Crippen LogP contribution in [0, 0.1) is 0 Å². The summed E-state index contributed by atoms with van der Waals surface area (Å²) in [6, 6.07) is 16.4. The molecule has 0 unspecified atom stereocenters. The Balaban J connectivity index is 0.00000484. The maximum Gasteiger partial charge on any atom is 1.00 e. The van der Waals surface area contributed by atoms with Crippen molar-refractivity contribution in [3.05, 3.63) is 83.6 Å². The van der Waals surface area contributed by atoms with E-state index in [9.17, 15) is 25.9 Å². The second-order valence-electron chi connectivity index (χ2n) is 11.8. The Morgan fingerprint density at radius 1 is 0.786 bits per heavy atom. The van der Waals surface area contributed by atoms with Crippen molar-refractivity contribution in [1.29, 1.82) is 0 Å². The van der Waals surface area contributed by atoms with E-state index in [2.05, 4.69) is 79.7 Å². The van der Waals surface area contributed by atoms with Gasteiger partial charge in [-0.3, -0.25) is 0 Å². The van der Waals surface area contributed by atoms with Gasteiger partial charge in [0.1, 0.15) is 6.54 Å². The minimum Gasteiger partial charge on any atom is -0.748 e. The molecule has 2 aromatic carbocycles. The summed E-state index contributed by atoms with van der Waals surface area (Å²) in [5.41, 5.74) is 6.14. The average Bonchev–Trinajstić information content (AvgIpc) is 3.23. The molecular weight excluding hydrogens is 583 g/mol. The molecule has 0 atom stereocenters. The summed E-state index contributed by atoms with van der Waals surface area (Å²) in [6.45, 7) is 9.88. The van der Waals surface area contributed by atoms with Gasteiger partial charge in [-0.15, -0.1) is 0 Å². The average molecular weight is 623 g/mol. The summed E-state index contributed by atoms with van der Waals surface area (Å²) >= 11 is 0. The molecule has 0 aliphatic carbocycles. The number of allylic oxidation sites excluding steroid dienone is 4. The van der Waals surface area contributed by atoms with Crippen LogP contribution in [0.1, 0.15) is 64.5 Å². The molecular formula is C31H39N2NaO6S2. The van der Waals surface area contributed by atoms with Gasteiger partial charge in [0.2, 0.25) is 5.69 Å². The van der Waals surface area contributed by atoms with Gasteiger partial charge in [-0.1, -0.05) is 56.3 Å².